The molecule has 3 nitrogen and oxygen atoms in total. The highest BCUT2D eigenvalue weighted by Gasteiger charge is 2.15. The summed E-state index contributed by atoms with van der Waals surface area (Å²) < 4.78 is 13.7. The summed E-state index contributed by atoms with van der Waals surface area (Å²) in [7, 11) is 0. The lowest BCUT2D eigenvalue weighted by atomic mass is 10.0. The minimum absolute atomic E-state index is 0.0264. The molecule has 0 aliphatic rings. The Balaban J connectivity index is 1.91. The maximum Gasteiger partial charge on any atom is 0.220 e. The van der Waals surface area contributed by atoms with Crippen LogP contribution in [-0.4, -0.2) is 17.4 Å². The number of rotatable bonds is 6. The Hall–Kier alpha value is -2.62. The van der Waals surface area contributed by atoms with Crippen LogP contribution in [0, 0.1) is 11.7 Å². The van der Waals surface area contributed by atoms with Gasteiger partial charge in [0.05, 0.1) is 0 Å². The van der Waals surface area contributed by atoms with Crippen molar-refractivity contribution in [3.8, 4) is 11.3 Å². The van der Waals surface area contributed by atoms with E-state index in [4.69, 9.17) is 0 Å². The molecule has 0 bridgehead atoms. The van der Waals surface area contributed by atoms with Gasteiger partial charge in [-0.25, -0.2) is 4.39 Å². The largest absolute Gasteiger partial charge is 0.356 e. The number of carbonyl (C=O) groups is 1. The van der Waals surface area contributed by atoms with Crippen molar-refractivity contribution in [1.82, 2.24) is 10.3 Å². The number of hydrogen-bond donors (Lipinski definition) is 2. The molecule has 0 unspecified atom stereocenters. The molecule has 4 heteroatoms. The third kappa shape index (κ3) is 4.08. The van der Waals surface area contributed by atoms with Crippen molar-refractivity contribution in [3.63, 3.8) is 0 Å². The van der Waals surface area contributed by atoms with Crippen molar-refractivity contribution in [3.05, 3.63) is 59.9 Å². The van der Waals surface area contributed by atoms with E-state index < -0.39 is 0 Å². The second-order valence-electron chi connectivity index (χ2n) is 6.73. The minimum Gasteiger partial charge on any atom is -0.356 e. The van der Waals surface area contributed by atoms with Crippen LogP contribution in [0.3, 0.4) is 0 Å². The Bertz CT molecular complexity index is 868. The molecule has 1 aromatic heterocycles. The average molecular weight is 338 g/mol. The third-order valence-electron chi connectivity index (χ3n) is 4.24. The number of fused-ring (bicyclic) bond motifs is 1. The highest BCUT2D eigenvalue weighted by atomic mass is 19.1. The number of aryl methyl sites for hydroxylation is 1. The zero-order chi connectivity index (χ0) is 17.8. The number of benzene rings is 2. The zero-order valence-corrected chi connectivity index (χ0v) is 14.6. The summed E-state index contributed by atoms with van der Waals surface area (Å²) in [6.45, 7) is 4.80. The van der Waals surface area contributed by atoms with Gasteiger partial charge in [-0.05, 0) is 41.7 Å². The fourth-order valence-corrected chi connectivity index (χ4v) is 2.98. The molecule has 0 saturated heterocycles. The molecular weight excluding hydrogens is 315 g/mol. The lowest BCUT2D eigenvalue weighted by Gasteiger charge is -2.08. The highest BCUT2D eigenvalue weighted by Crippen LogP contribution is 2.31. The molecule has 0 atom stereocenters. The predicted octanol–water partition coefficient (Wildman–Crippen LogP) is 4.68. The number of aromatic nitrogens is 1. The van der Waals surface area contributed by atoms with Crippen molar-refractivity contribution >= 4 is 16.8 Å². The van der Waals surface area contributed by atoms with Gasteiger partial charge in [-0.3, -0.25) is 4.79 Å². The summed E-state index contributed by atoms with van der Waals surface area (Å²) in [5, 5.41) is 3.78. The van der Waals surface area contributed by atoms with Gasteiger partial charge >= 0.3 is 0 Å². The van der Waals surface area contributed by atoms with E-state index in [0.29, 0.717) is 25.3 Å². The molecule has 2 N–H and O–H groups in total. The molecule has 2 aromatic carbocycles. The third-order valence-corrected chi connectivity index (χ3v) is 4.24. The molecule has 1 amide bonds. The van der Waals surface area contributed by atoms with Gasteiger partial charge in [-0.15, -0.1) is 0 Å². The number of nitrogens with one attached hydrogen (secondary N) is 2. The van der Waals surface area contributed by atoms with E-state index >= 15 is 0 Å². The van der Waals surface area contributed by atoms with E-state index in [1.807, 2.05) is 30.3 Å². The van der Waals surface area contributed by atoms with Crippen LogP contribution in [0.2, 0.25) is 0 Å². The van der Waals surface area contributed by atoms with E-state index in [9.17, 15) is 9.18 Å². The summed E-state index contributed by atoms with van der Waals surface area (Å²) in [5.74, 6) is 0.182. The molecule has 0 aliphatic carbocycles. The van der Waals surface area contributed by atoms with Crippen LogP contribution in [-0.2, 0) is 11.2 Å². The number of H-pyrrole nitrogens is 1. The molecule has 0 aliphatic heterocycles. The first kappa shape index (κ1) is 17.2. The first-order valence-corrected chi connectivity index (χ1v) is 8.67. The van der Waals surface area contributed by atoms with E-state index in [2.05, 4.69) is 24.1 Å². The van der Waals surface area contributed by atoms with Gasteiger partial charge in [0.1, 0.15) is 5.82 Å². The van der Waals surface area contributed by atoms with Gasteiger partial charge in [-0.2, -0.15) is 0 Å². The van der Waals surface area contributed by atoms with Crippen molar-refractivity contribution < 1.29 is 9.18 Å². The Morgan fingerprint density at radius 1 is 1.16 bits per heavy atom. The van der Waals surface area contributed by atoms with Crippen LogP contribution in [0.4, 0.5) is 4.39 Å². The molecule has 130 valence electrons. The van der Waals surface area contributed by atoms with E-state index in [0.717, 1.165) is 27.7 Å². The first-order valence-electron chi connectivity index (χ1n) is 8.67. The van der Waals surface area contributed by atoms with Crippen LogP contribution in [0.25, 0.3) is 22.2 Å². The second-order valence-corrected chi connectivity index (χ2v) is 6.73. The fourth-order valence-electron chi connectivity index (χ4n) is 2.98. The van der Waals surface area contributed by atoms with Gasteiger partial charge in [0.2, 0.25) is 5.91 Å². The van der Waals surface area contributed by atoms with Gasteiger partial charge < -0.3 is 10.3 Å². The van der Waals surface area contributed by atoms with Crippen molar-refractivity contribution in [2.24, 2.45) is 5.92 Å². The summed E-state index contributed by atoms with van der Waals surface area (Å²) in [6.07, 6.45) is 0.952. The molecule has 0 spiro atoms. The normalized spacial score (nSPS) is 11.2. The monoisotopic (exact) mass is 338 g/mol. The molecule has 0 fully saturated rings. The predicted molar refractivity (Wildman–Crippen MR) is 99.9 cm³/mol. The van der Waals surface area contributed by atoms with E-state index in [1.54, 1.807) is 12.1 Å². The Labute approximate surface area is 147 Å². The SMILES string of the molecule is CC(C)CNC(=O)CCc1c(-c2ccccc2)[nH]c2ccc(F)cc12. The van der Waals surface area contributed by atoms with Crippen molar-refractivity contribution in [2.45, 2.75) is 26.7 Å². The van der Waals surface area contributed by atoms with Crippen LogP contribution < -0.4 is 5.32 Å². The van der Waals surface area contributed by atoms with Gasteiger partial charge in [0, 0.05) is 29.6 Å². The second kappa shape index (κ2) is 7.51. The standard InChI is InChI=1S/C21H23FN2O/c1-14(2)13-23-20(25)11-9-17-18-12-16(22)8-10-19(18)24-21(17)15-6-4-3-5-7-15/h3-8,10,12,14,24H,9,11,13H2,1-2H3,(H,23,25). The first-order chi connectivity index (χ1) is 12.0. The van der Waals surface area contributed by atoms with Gasteiger partial charge in [0.25, 0.3) is 0 Å². The fraction of sp³-hybridized carbons (Fsp3) is 0.286. The quantitative estimate of drug-likeness (QED) is 0.673. The number of amides is 1. The molecule has 3 aromatic rings. The van der Waals surface area contributed by atoms with Gasteiger partial charge in [0.15, 0.2) is 0 Å². The minimum atomic E-state index is -0.267. The van der Waals surface area contributed by atoms with Crippen molar-refractivity contribution in [1.29, 1.82) is 0 Å². The molecule has 0 saturated carbocycles. The number of carbonyl (C=O) groups excluding carboxylic acids is 1. The Kier molecular flexibility index (Phi) is 5.17. The van der Waals surface area contributed by atoms with Crippen molar-refractivity contribution in [2.75, 3.05) is 6.54 Å². The lowest BCUT2D eigenvalue weighted by Crippen LogP contribution is -2.27. The molecule has 25 heavy (non-hydrogen) atoms. The highest BCUT2D eigenvalue weighted by molar-refractivity contribution is 5.91. The summed E-state index contributed by atoms with van der Waals surface area (Å²) in [4.78, 5) is 15.5. The lowest BCUT2D eigenvalue weighted by molar-refractivity contribution is -0.121. The van der Waals surface area contributed by atoms with Crippen LogP contribution in [0.1, 0.15) is 25.8 Å². The smallest absolute Gasteiger partial charge is 0.220 e. The molecular formula is C21H23FN2O. The Morgan fingerprint density at radius 2 is 1.92 bits per heavy atom. The molecule has 0 radical (unpaired) electrons. The van der Waals surface area contributed by atoms with Crippen LogP contribution in [0.15, 0.2) is 48.5 Å². The molecule has 1 heterocycles. The maximum absolute atomic E-state index is 13.7. The van der Waals surface area contributed by atoms with Crippen LogP contribution in [0.5, 0.6) is 0 Å². The topological polar surface area (TPSA) is 44.9 Å². The van der Waals surface area contributed by atoms with E-state index in [1.165, 1.54) is 6.07 Å². The average Bonchev–Trinajstić information content (AvgIpc) is 2.96. The van der Waals surface area contributed by atoms with E-state index in [-0.39, 0.29) is 11.7 Å². The zero-order valence-electron chi connectivity index (χ0n) is 14.6. The van der Waals surface area contributed by atoms with Gasteiger partial charge in [-0.1, -0.05) is 44.2 Å². The molecule has 3 rings (SSSR count). The summed E-state index contributed by atoms with van der Waals surface area (Å²) in [6, 6.07) is 14.7. The van der Waals surface area contributed by atoms with Crippen LogP contribution >= 0.6 is 0 Å². The summed E-state index contributed by atoms with van der Waals surface area (Å²) in [5.41, 5.74) is 3.87. The number of aromatic amines is 1. The maximum atomic E-state index is 13.7. The summed E-state index contributed by atoms with van der Waals surface area (Å²) >= 11 is 0. The number of hydrogen-bond acceptors (Lipinski definition) is 1. The number of halogens is 1. The Morgan fingerprint density at radius 3 is 2.64 bits per heavy atom.